The molecule has 0 unspecified atom stereocenters. The van der Waals surface area contributed by atoms with Crippen LogP contribution in [0.4, 0.5) is 5.69 Å². The lowest BCUT2D eigenvalue weighted by molar-refractivity contribution is 0.483. The van der Waals surface area contributed by atoms with E-state index < -0.39 is 10.1 Å². The van der Waals surface area contributed by atoms with Crippen molar-refractivity contribution in [2.75, 3.05) is 12.4 Å². The van der Waals surface area contributed by atoms with Crippen molar-refractivity contribution in [3.05, 3.63) is 23.8 Å². The SMILES string of the molecule is CCc1ccc(S(=O)(=O)O)c(NC)c1. The molecule has 0 atom stereocenters. The van der Waals surface area contributed by atoms with E-state index in [1.54, 1.807) is 19.2 Å². The molecule has 0 radical (unpaired) electrons. The third-order valence-corrected chi connectivity index (χ3v) is 2.91. The standard InChI is InChI=1S/C9H13NO3S/c1-3-7-4-5-9(14(11,12)13)8(6-7)10-2/h4-6,10H,3H2,1-2H3,(H,11,12,13). The Morgan fingerprint density at radius 3 is 2.50 bits per heavy atom. The first kappa shape index (κ1) is 11.0. The molecule has 0 saturated heterocycles. The van der Waals surface area contributed by atoms with Crippen LogP contribution in [0, 0.1) is 0 Å². The summed E-state index contributed by atoms with van der Waals surface area (Å²) >= 11 is 0. The number of anilines is 1. The van der Waals surface area contributed by atoms with E-state index in [0.717, 1.165) is 12.0 Å². The van der Waals surface area contributed by atoms with Crippen molar-refractivity contribution < 1.29 is 13.0 Å². The number of aryl methyl sites for hydroxylation is 1. The number of rotatable bonds is 3. The van der Waals surface area contributed by atoms with Crippen LogP contribution in [0.2, 0.25) is 0 Å². The summed E-state index contributed by atoms with van der Waals surface area (Å²) in [5, 5.41) is 2.74. The number of hydrogen-bond acceptors (Lipinski definition) is 3. The molecule has 78 valence electrons. The molecular weight excluding hydrogens is 202 g/mol. The molecule has 1 aromatic carbocycles. The fraction of sp³-hybridized carbons (Fsp3) is 0.333. The molecule has 5 heteroatoms. The highest BCUT2D eigenvalue weighted by atomic mass is 32.2. The highest BCUT2D eigenvalue weighted by Crippen LogP contribution is 2.22. The Bertz CT molecular complexity index is 426. The molecule has 1 aromatic rings. The van der Waals surface area contributed by atoms with Crippen molar-refractivity contribution >= 4 is 15.8 Å². The van der Waals surface area contributed by atoms with Gasteiger partial charge in [-0.05, 0) is 24.1 Å². The van der Waals surface area contributed by atoms with Crippen LogP contribution in [0.5, 0.6) is 0 Å². The fourth-order valence-electron chi connectivity index (χ4n) is 1.22. The Labute approximate surface area is 83.7 Å². The molecule has 0 aliphatic carbocycles. The van der Waals surface area contributed by atoms with Crippen LogP contribution < -0.4 is 5.32 Å². The van der Waals surface area contributed by atoms with E-state index in [9.17, 15) is 8.42 Å². The van der Waals surface area contributed by atoms with Crippen LogP contribution >= 0.6 is 0 Å². The zero-order chi connectivity index (χ0) is 10.8. The van der Waals surface area contributed by atoms with Crippen molar-refractivity contribution in [1.29, 1.82) is 0 Å². The highest BCUT2D eigenvalue weighted by Gasteiger charge is 2.14. The van der Waals surface area contributed by atoms with Gasteiger partial charge < -0.3 is 5.32 Å². The van der Waals surface area contributed by atoms with Gasteiger partial charge in [0, 0.05) is 7.05 Å². The van der Waals surface area contributed by atoms with Gasteiger partial charge in [0.1, 0.15) is 4.90 Å². The van der Waals surface area contributed by atoms with E-state index in [1.165, 1.54) is 6.07 Å². The van der Waals surface area contributed by atoms with E-state index in [-0.39, 0.29) is 4.90 Å². The van der Waals surface area contributed by atoms with Crippen molar-refractivity contribution in [3.63, 3.8) is 0 Å². The number of nitrogens with one attached hydrogen (secondary N) is 1. The predicted molar refractivity (Wildman–Crippen MR) is 55.2 cm³/mol. The Hall–Kier alpha value is -1.07. The zero-order valence-electron chi connectivity index (χ0n) is 8.11. The second kappa shape index (κ2) is 3.98. The maximum absolute atomic E-state index is 10.9. The lowest BCUT2D eigenvalue weighted by Crippen LogP contribution is -2.03. The van der Waals surface area contributed by atoms with Crippen LogP contribution in [-0.2, 0) is 16.5 Å². The molecule has 0 aliphatic heterocycles. The highest BCUT2D eigenvalue weighted by molar-refractivity contribution is 7.86. The molecule has 0 aromatic heterocycles. The molecular formula is C9H13NO3S. The van der Waals surface area contributed by atoms with Gasteiger partial charge in [-0.15, -0.1) is 0 Å². The van der Waals surface area contributed by atoms with Crippen LogP contribution in [0.3, 0.4) is 0 Å². The predicted octanol–water partition coefficient (Wildman–Crippen LogP) is 1.54. The molecule has 0 aliphatic rings. The Kier molecular flexibility index (Phi) is 3.13. The first-order chi connectivity index (χ1) is 6.49. The van der Waals surface area contributed by atoms with Gasteiger partial charge in [0.15, 0.2) is 0 Å². The molecule has 0 fully saturated rings. The first-order valence-electron chi connectivity index (χ1n) is 4.27. The molecule has 2 N–H and O–H groups in total. The molecule has 0 bridgehead atoms. The molecule has 0 heterocycles. The average Bonchev–Trinajstić information content (AvgIpc) is 2.15. The lowest BCUT2D eigenvalue weighted by atomic mass is 10.1. The van der Waals surface area contributed by atoms with Gasteiger partial charge in [0.2, 0.25) is 0 Å². The molecule has 0 spiro atoms. The van der Waals surface area contributed by atoms with Gasteiger partial charge in [-0.3, -0.25) is 4.55 Å². The smallest absolute Gasteiger partial charge is 0.296 e. The maximum Gasteiger partial charge on any atom is 0.296 e. The summed E-state index contributed by atoms with van der Waals surface area (Å²) in [5.41, 5.74) is 1.44. The van der Waals surface area contributed by atoms with Crippen molar-refractivity contribution in [3.8, 4) is 0 Å². The van der Waals surface area contributed by atoms with Gasteiger partial charge in [0.05, 0.1) is 5.69 Å². The van der Waals surface area contributed by atoms with Gasteiger partial charge in [0.25, 0.3) is 10.1 Å². The van der Waals surface area contributed by atoms with Crippen LogP contribution in [0.1, 0.15) is 12.5 Å². The summed E-state index contributed by atoms with van der Waals surface area (Å²) in [6, 6.07) is 4.80. The van der Waals surface area contributed by atoms with E-state index in [1.807, 2.05) is 6.92 Å². The van der Waals surface area contributed by atoms with Crippen molar-refractivity contribution in [2.24, 2.45) is 0 Å². The summed E-state index contributed by atoms with van der Waals surface area (Å²) in [7, 11) is -2.52. The number of hydrogen-bond donors (Lipinski definition) is 2. The zero-order valence-corrected chi connectivity index (χ0v) is 8.93. The minimum absolute atomic E-state index is 0.0859. The number of benzene rings is 1. The molecule has 14 heavy (non-hydrogen) atoms. The van der Waals surface area contributed by atoms with E-state index >= 15 is 0 Å². The lowest BCUT2D eigenvalue weighted by Gasteiger charge is -2.07. The van der Waals surface area contributed by atoms with Crippen molar-refractivity contribution in [1.82, 2.24) is 0 Å². The van der Waals surface area contributed by atoms with Gasteiger partial charge in [-0.25, -0.2) is 0 Å². The van der Waals surface area contributed by atoms with Gasteiger partial charge >= 0.3 is 0 Å². The Balaban J connectivity index is 3.33. The van der Waals surface area contributed by atoms with Gasteiger partial charge in [-0.1, -0.05) is 13.0 Å². The third-order valence-electron chi connectivity index (χ3n) is 2.00. The van der Waals surface area contributed by atoms with E-state index in [0.29, 0.717) is 5.69 Å². The van der Waals surface area contributed by atoms with E-state index in [4.69, 9.17) is 4.55 Å². The molecule has 1 rings (SSSR count). The second-order valence-corrected chi connectivity index (χ2v) is 4.30. The van der Waals surface area contributed by atoms with E-state index in [2.05, 4.69) is 5.32 Å². The summed E-state index contributed by atoms with van der Waals surface area (Å²) < 4.78 is 30.8. The van der Waals surface area contributed by atoms with Crippen LogP contribution in [0.15, 0.2) is 23.1 Å². The monoisotopic (exact) mass is 215 g/mol. The topological polar surface area (TPSA) is 66.4 Å². The maximum atomic E-state index is 10.9. The minimum atomic E-state index is -4.13. The Morgan fingerprint density at radius 1 is 1.43 bits per heavy atom. The summed E-state index contributed by atoms with van der Waals surface area (Å²) in [6.45, 7) is 1.97. The molecule has 4 nitrogen and oxygen atoms in total. The first-order valence-corrected chi connectivity index (χ1v) is 5.71. The summed E-state index contributed by atoms with van der Waals surface area (Å²) in [4.78, 5) is -0.0859. The van der Waals surface area contributed by atoms with Crippen molar-refractivity contribution in [2.45, 2.75) is 18.2 Å². The fourth-order valence-corrected chi connectivity index (χ4v) is 1.90. The second-order valence-electron chi connectivity index (χ2n) is 2.91. The van der Waals surface area contributed by atoms with Crippen LogP contribution in [-0.4, -0.2) is 20.0 Å². The third kappa shape index (κ3) is 2.24. The normalized spacial score (nSPS) is 11.4. The summed E-state index contributed by atoms with van der Waals surface area (Å²) in [6.07, 6.45) is 0.820. The largest absolute Gasteiger partial charge is 0.387 e. The average molecular weight is 215 g/mol. The summed E-state index contributed by atoms with van der Waals surface area (Å²) in [5.74, 6) is 0. The molecule has 0 amide bonds. The Morgan fingerprint density at radius 2 is 2.07 bits per heavy atom. The van der Waals surface area contributed by atoms with Gasteiger partial charge in [-0.2, -0.15) is 8.42 Å². The minimum Gasteiger partial charge on any atom is -0.387 e. The molecule has 0 saturated carbocycles. The van der Waals surface area contributed by atoms with Crippen LogP contribution in [0.25, 0.3) is 0 Å². The quantitative estimate of drug-likeness (QED) is 0.750.